The van der Waals surface area contributed by atoms with Gasteiger partial charge in [-0.15, -0.1) is 0 Å². The number of hydrogen-bond donors (Lipinski definition) is 1. The molecule has 1 N–H and O–H groups in total. The number of benzene rings is 1. The summed E-state index contributed by atoms with van der Waals surface area (Å²) in [5.74, 6) is 0.644. The highest BCUT2D eigenvalue weighted by molar-refractivity contribution is 7.89. The van der Waals surface area contributed by atoms with Crippen molar-refractivity contribution in [3.63, 3.8) is 0 Å². The highest BCUT2D eigenvalue weighted by Gasteiger charge is 2.48. The predicted molar refractivity (Wildman–Crippen MR) is 88.2 cm³/mol. The van der Waals surface area contributed by atoms with E-state index < -0.39 is 10.0 Å². The third kappa shape index (κ3) is 3.07. The maximum atomic E-state index is 12.5. The van der Waals surface area contributed by atoms with Crippen LogP contribution >= 0.6 is 0 Å². The fraction of sp³-hybridized carbons (Fsp3) is 0.647. The van der Waals surface area contributed by atoms with E-state index in [-0.39, 0.29) is 11.6 Å². The molecule has 122 valence electrons. The van der Waals surface area contributed by atoms with E-state index >= 15 is 0 Å². The minimum absolute atomic E-state index is 0.0317. The standard InChI is InChI=1S/C17H26N2O2S/c1-14(2)11-17-9-6-10-19(17)13-15(12-17)18-22(20,21)16-7-4-3-5-8-16/h3-5,7-8,14-15,18H,6,9-13H2,1-2H3/t15-,17+/m0/s1. The molecule has 0 saturated carbocycles. The molecule has 2 heterocycles. The van der Waals surface area contributed by atoms with Crippen molar-refractivity contribution in [2.45, 2.75) is 56.0 Å². The van der Waals surface area contributed by atoms with Gasteiger partial charge in [-0.2, -0.15) is 0 Å². The van der Waals surface area contributed by atoms with Gasteiger partial charge in [0.15, 0.2) is 0 Å². The zero-order valence-electron chi connectivity index (χ0n) is 13.5. The minimum atomic E-state index is -3.41. The van der Waals surface area contributed by atoms with Gasteiger partial charge in [0.1, 0.15) is 0 Å². The van der Waals surface area contributed by atoms with Gasteiger partial charge in [0, 0.05) is 18.1 Å². The lowest BCUT2D eigenvalue weighted by Crippen LogP contribution is -2.39. The first-order valence-electron chi connectivity index (χ1n) is 8.24. The summed E-state index contributed by atoms with van der Waals surface area (Å²) in [6.45, 7) is 6.47. The molecule has 2 aliphatic heterocycles. The molecule has 0 aliphatic carbocycles. The van der Waals surface area contributed by atoms with E-state index in [0.29, 0.717) is 10.8 Å². The van der Waals surface area contributed by atoms with E-state index in [2.05, 4.69) is 23.5 Å². The van der Waals surface area contributed by atoms with Crippen LogP contribution in [0.3, 0.4) is 0 Å². The molecular weight excluding hydrogens is 296 g/mol. The van der Waals surface area contributed by atoms with Crippen molar-refractivity contribution in [1.29, 1.82) is 0 Å². The van der Waals surface area contributed by atoms with Crippen LogP contribution in [0.1, 0.15) is 39.5 Å². The quantitative estimate of drug-likeness (QED) is 0.906. The third-order valence-electron chi connectivity index (χ3n) is 4.97. The molecule has 0 spiro atoms. The molecule has 5 heteroatoms. The smallest absolute Gasteiger partial charge is 0.240 e. The van der Waals surface area contributed by atoms with Crippen molar-refractivity contribution < 1.29 is 8.42 Å². The van der Waals surface area contributed by atoms with Gasteiger partial charge in [0.25, 0.3) is 0 Å². The SMILES string of the molecule is CC(C)C[C@@]12CCCN1C[C@@H](NS(=O)(=O)c1ccccc1)C2. The average Bonchev–Trinajstić information content (AvgIpc) is 2.94. The van der Waals surface area contributed by atoms with Gasteiger partial charge in [-0.25, -0.2) is 13.1 Å². The first-order valence-corrected chi connectivity index (χ1v) is 9.72. The Labute approximate surface area is 134 Å². The van der Waals surface area contributed by atoms with E-state index in [9.17, 15) is 8.42 Å². The van der Waals surface area contributed by atoms with Gasteiger partial charge in [-0.1, -0.05) is 32.0 Å². The molecule has 0 unspecified atom stereocenters. The molecule has 1 aromatic rings. The fourth-order valence-electron chi connectivity index (χ4n) is 4.34. The summed E-state index contributed by atoms with van der Waals surface area (Å²) in [4.78, 5) is 2.88. The van der Waals surface area contributed by atoms with Gasteiger partial charge in [0.2, 0.25) is 10.0 Å². The lowest BCUT2D eigenvalue weighted by molar-refractivity contribution is 0.163. The molecule has 0 aromatic heterocycles. The molecule has 0 amide bonds. The highest BCUT2D eigenvalue weighted by Crippen LogP contribution is 2.43. The Morgan fingerprint density at radius 2 is 2.05 bits per heavy atom. The summed E-state index contributed by atoms with van der Waals surface area (Å²) in [5.41, 5.74) is 0.220. The second kappa shape index (κ2) is 5.95. The summed E-state index contributed by atoms with van der Waals surface area (Å²) in [5, 5.41) is 0. The second-order valence-electron chi connectivity index (χ2n) is 7.21. The summed E-state index contributed by atoms with van der Waals surface area (Å²) >= 11 is 0. The van der Waals surface area contributed by atoms with E-state index in [1.54, 1.807) is 24.3 Å². The lowest BCUT2D eigenvalue weighted by Gasteiger charge is -2.33. The molecular formula is C17H26N2O2S. The fourth-order valence-corrected chi connectivity index (χ4v) is 5.59. The van der Waals surface area contributed by atoms with Crippen LogP contribution in [0.25, 0.3) is 0 Å². The van der Waals surface area contributed by atoms with E-state index in [4.69, 9.17) is 0 Å². The molecule has 3 rings (SSSR count). The molecule has 1 aromatic carbocycles. The van der Waals surface area contributed by atoms with Gasteiger partial charge >= 0.3 is 0 Å². The predicted octanol–water partition coefficient (Wildman–Crippen LogP) is 2.62. The molecule has 2 saturated heterocycles. The van der Waals surface area contributed by atoms with Crippen molar-refractivity contribution in [1.82, 2.24) is 9.62 Å². The maximum absolute atomic E-state index is 12.5. The highest BCUT2D eigenvalue weighted by atomic mass is 32.2. The summed E-state index contributed by atoms with van der Waals surface area (Å²) in [7, 11) is -3.41. The van der Waals surface area contributed by atoms with Crippen LogP contribution in [0.15, 0.2) is 35.2 Å². The summed E-state index contributed by atoms with van der Waals surface area (Å²) < 4.78 is 27.9. The largest absolute Gasteiger partial charge is 0.296 e. The first kappa shape index (κ1) is 16.0. The molecule has 0 radical (unpaired) electrons. The monoisotopic (exact) mass is 322 g/mol. The van der Waals surface area contributed by atoms with Crippen LogP contribution in [0.4, 0.5) is 0 Å². The summed E-state index contributed by atoms with van der Waals surface area (Å²) in [6.07, 6.45) is 4.55. The van der Waals surface area contributed by atoms with E-state index in [1.165, 1.54) is 12.8 Å². The topological polar surface area (TPSA) is 49.4 Å². The Kier molecular flexibility index (Phi) is 4.32. The molecule has 4 nitrogen and oxygen atoms in total. The van der Waals surface area contributed by atoms with Crippen LogP contribution in [0.5, 0.6) is 0 Å². The Morgan fingerprint density at radius 3 is 2.73 bits per heavy atom. The maximum Gasteiger partial charge on any atom is 0.240 e. The molecule has 0 bridgehead atoms. The first-order chi connectivity index (χ1) is 10.4. The number of sulfonamides is 1. The van der Waals surface area contributed by atoms with Crippen molar-refractivity contribution in [3.05, 3.63) is 30.3 Å². The van der Waals surface area contributed by atoms with Crippen LogP contribution in [0, 0.1) is 5.92 Å². The van der Waals surface area contributed by atoms with E-state index in [1.807, 2.05) is 6.07 Å². The zero-order chi connectivity index (χ0) is 15.8. The molecule has 22 heavy (non-hydrogen) atoms. The van der Waals surface area contributed by atoms with Crippen LogP contribution in [0.2, 0.25) is 0 Å². The Balaban J connectivity index is 1.73. The Hall–Kier alpha value is -0.910. The van der Waals surface area contributed by atoms with Crippen molar-refractivity contribution >= 4 is 10.0 Å². The van der Waals surface area contributed by atoms with Gasteiger partial charge in [-0.05, 0) is 50.3 Å². The second-order valence-corrected chi connectivity index (χ2v) is 8.92. The average molecular weight is 322 g/mol. The van der Waals surface area contributed by atoms with Crippen LogP contribution < -0.4 is 4.72 Å². The number of nitrogens with zero attached hydrogens (tertiary/aromatic N) is 1. The lowest BCUT2D eigenvalue weighted by atomic mass is 9.84. The Morgan fingerprint density at radius 1 is 1.32 bits per heavy atom. The van der Waals surface area contributed by atoms with Gasteiger partial charge < -0.3 is 0 Å². The Bertz CT molecular complexity index is 615. The molecule has 2 fully saturated rings. The van der Waals surface area contributed by atoms with Gasteiger partial charge in [0.05, 0.1) is 4.90 Å². The van der Waals surface area contributed by atoms with Crippen LogP contribution in [-0.2, 0) is 10.0 Å². The number of fused-ring (bicyclic) bond motifs is 1. The van der Waals surface area contributed by atoms with Crippen LogP contribution in [-0.4, -0.2) is 38.0 Å². The molecule has 2 aliphatic rings. The number of hydrogen-bond acceptors (Lipinski definition) is 3. The third-order valence-corrected chi connectivity index (χ3v) is 6.51. The minimum Gasteiger partial charge on any atom is -0.296 e. The number of rotatable bonds is 5. The van der Waals surface area contributed by atoms with Gasteiger partial charge in [-0.3, -0.25) is 4.90 Å². The van der Waals surface area contributed by atoms with Crippen molar-refractivity contribution in [3.8, 4) is 0 Å². The van der Waals surface area contributed by atoms with Crippen molar-refractivity contribution in [2.24, 2.45) is 5.92 Å². The van der Waals surface area contributed by atoms with E-state index in [0.717, 1.165) is 25.9 Å². The van der Waals surface area contributed by atoms with Crippen molar-refractivity contribution in [2.75, 3.05) is 13.1 Å². The number of nitrogens with one attached hydrogen (secondary N) is 1. The normalized spacial score (nSPS) is 29.1. The molecule has 2 atom stereocenters. The zero-order valence-corrected chi connectivity index (χ0v) is 14.3. The summed E-state index contributed by atoms with van der Waals surface area (Å²) in [6, 6.07) is 8.71.